The van der Waals surface area contributed by atoms with Crippen LogP contribution < -0.4 is 5.32 Å². The van der Waals surface area contributed by atoms with Crippen LogP contribution in [0.1, 0.15) is 15.2 Å². The van der Waals surface area contributed by atoms with Gasteiger partial charge in [0.2, 0.25) is 5.13 Å². The number of nitrogens with one attached hydrogen (secondary N) is 1. The van der Waals surface area contributed by atoms with E-state index in [2.05, 4.69) is 15.5 Å². The van der Waals surface area contributed by atoms with Gasteiger partial charge in [-0.3, -0.25) is 10.1 Å². The molecule has 0 bridgehead atoms. The number of aromatic nitrogens is 2. The molecule has 2 aromatic heterocycles. The SMILES string of the molecule is O=C(Nc1nnc(SCc2ccc(Cl)cc2)s1)c1sc2cccc(Cl)c2c1Cl. The van der Waals surface area contributed by atoms with Crippen LogP contribution in [-0.2, 0) is 5.75 Å². The van der Waals surface area contributed by atoms with Gasteiger partial charge < -0.3 is 0 Å². The topological polar surface area (TPSA) is 54.9 Å². The predicted octanol–water partition coefficient (Wildman–Crippen LogP) is 7.26. The van der Waals surface area contributed by atoms with Crippen LogP contribution in [0.2, 0.25) is 15.1 Å². The quantitative estimate of drug-likeness (QED) is 0.238. The Balaban J connectivity index is 1.45. The van der Waals surface area contributed by atoms with Crippen molar-refractivity contribution < 1.29 is 4.79 Å². The number of anilines is 1. The van der Waals surface area contributed by atoms with Crippen molar-refractivity contribution in [1.82, 2.24) is 10.2 Å². The number of amides is 1. The van der Waals surface area contributed by atoms with E-state index in [1.54, 1.807) is 17.8 Å². The molecule has 0 atom stereocenters. The molecule has 0 saturated carbocycles. The Hall–Kier alpha value is -1.35. The van der Waals surface area contributed by atoms with E-state index in [0.29, 0.717) is 30.5 Å². The molecule has 4 rings (SSSR count). The second-order valence-corrected chi connectivity index (χ2v) is 10.1. The maximum absolute atomic E-state index is 12.6. The number of carbonyl (C=O) groups excluding carboxylic acids is 1. The van der Waals surface area contributed by atoms with Gasteiger partial charge in [0.25, 0.3) is 5.91 Å². The number of thiophene rings is 1. The van der Waals surface area contributed by atoms with Crippen molar-refractivity contribution in [2.24, 2.45) is 0 Å². The maximum atomic E-state index is 12.6. The van der Waals surface area contributed by atoms with Crippen LogP contribution in [-0.4, -0.2) is 16.1 Å². The molecule has 2 aromatic carbocycles. The molecule has 142 valence electrons. The fourth-order valence-corrected chi connectivity index (χ4v) is 6.09. The summed E-state index contributed by atoms with van der Waals surface area (Å²) in [5.74, 6) is 0.410. The lowest BCUT2D eigenvalue weighted by molar-refractivity contribution is 0.103. The number of hydrogen-bond acceptors (Lipinski definition) is 6. The summed E-state index contributed by atoms with van der Waals surface area (Å²) in [7, 11) is 0. The zero-order chi connectivity index (χ0) is 19.7. The average molecular weight is 487 g/mol. The fourth-order valence-electron chi connectivity index (χ4n) is 2.41. The van der Waals surface area contributed by atoms with Crippen LogP contribution in [0.5, 0.6) is 0 Å². The molecule has 4 aromatic rings. The van der Waals surface area contributed by atoms with E-state index in [1.807, 2.05) is 36.4 Å². The number of fused-ring (bicyclic) bond motifs is 1. The Labute approximate surface area is 187 Å². The van der Waals surface area contributed by atoms with Crippen molar-refractivity contribution in [2.45, 2.75) is 10.1 Å². The predicted molar refractivity (Wildman–Crippen MR) is 121 cm³/mol. The third-order valence-electron chi connectivity index (χ3n) is 3.71. The summed E-state index contributed by atoms with van der Waals surface area (Å²) >= 11 is 22.6. The smallest absolute Gasteiger partial charge is 0.269 e. The summed E-state index contributed by atoms with van der Waals surface area (Å²) in [6.07, 6.45) is 0. The van der Waals surface area contributed by atoms with Gasteiger partial charge in [-0.15, -0.1) is 21.5 Å². The van der Waals surface area contributed by atoms with E-state index in [0.717, 1.165) is 20.4 Å². The molecule has 2 heterocycles. The normalized spacial score (nSPS) is 11.1. The third kappa shape index (κ3) is 4.30. The van der Waals surface area contributed by atoms with Gasteiger partial charge in [0.05, 0.1) is 10.0 Å². The number of thioether (sulfide) groups is 1. The van der Waals surface area contributed by atoms with Gasteiger partial charge in [-0.1, -0.05) is 76.1 Å². The van der Waals surface area contributed by atoms with Crippen LogP contribution in [0.4, 0.5) is 5.13 Å². The Morgan fingerprint density at radius 3 is 2.57 bits per heavy atom. The van der Waals surface area contributed by atoms with Crippen LogP contribution in [0.3, 0.4) is 0 Å². The number of nitrogens with zero attached hydrogens (tertiary/aromatic N) is 2. The first-order chi connectivity index (χ1) is 13.5. The summed E-state index contributed by atoms with van der Waals surface area (Å²) in [4.78, 5) is 13.0. The fraction of sp³-hybridized carbons (Fsp3) is 0.0556. The Bertz CT molecular complexity index is 1160. The molecule has 0 fully saturated rings. The molecule has 28 heavy (non-hydrogen) atoms. The first-order valence-corrected chi connectivity index (χ1v) is 11.6. The molecule has 1 N–H and O–H groups in total. The largest absolute Gasteiger partial charge is 0.296 e. The minimum absolute atomic E-state index is 0.326. The summed E-state index contributed by atoms with van der Waals surface area (Å²) in [5, 5.41) is 13.6. The molecule has 0 aliphatic rings. The monoisotopic (exact) mass is 485 g/mol. The van der Waals surface area contributed by atoms with Gasteiger partial charge >= 0.3 is 0 Å². The molecule has 0 aliphatic carbocycles. The summed E-state index contributed by atoms with van der Waals surface area (Å²) in [5.41, 5.74) is 1.13. The van der Waals surface area contributed by atoms with E-state index in [-0.39, 0.29) is 5.91 Å². The van der Waals surface area contributed by atoms with Crippen molar-refractivity contribution >= 4 is 90.4 Å². The zero-order valence-corrected chi connectivity index (χ0v) is 18.6. The molecular formula is C18H10Cl3N3OS3. The number of rotatable bonds is 5. The minimum Gasteiger partial charge on any atom is -0.296 e. The van der Waals surface area contributed by atoms with Crippen molar-refractivity contribution in [3.05, 3.63) is 68.0 Å². The van der Waals surface area contributed by atoms with E-state index in [9.17, 15) is 4.79 Å². The van der Waals surface area contributed by atoms with Crippen LogP contribution in [0.15, 0.2) is 46.8 Å². The first-order valence-electron chi connectivity index (χ1n) is 7.90. The van der Waals surface area contributed by atoms with Gasteiger partial charge in [0.1, 0.15) is 4.88 Å². The highest BCUT2D eigenvalue weighted by Crippen LogP contribution is 2.40. The number of halogens is 3. The van der Waals surface area contributed by atoms with Gasteiger partial charge in [0, 0.05) is 20.9 Å². The lowest BCUT2D eigenvalue weighted by Gasteiger charge is -1.99. The van der Waals surface area contributed by atoms with E-state index >= 15 is 0 Å². The van der Waals surface area contributed by atoms with Gasteiger partial charge in [-0.25, -0.2) is 0 Å². The average Bonchev–Trinajstić information content (AvgIpc) is 3.26. The minimum atomic E-state index is -0.326. The highest BCUT2D eigenvalue weighted by molar-refractivity contribution is 8.00. The van der Waals surface area contributed by atoms with Crippen molar-refractivity contribution in [3.63, 3.8) is 0 Å². The second-order valence-electron chi connectivity index (χ2n) is 5.60. The molecule has 10 heteroatoms. The molecule has 0 unspecified atom stereocenters. The number of benzene rings is 2. The van der Waals surface area contributed by atoms with Gasteiger partial charge in [-0.2, -0.15) is 0 Å². The van der Waals surface area contributed by atoms with E-state index in [4.69, 9.17) is 34.8 Å². The van der Waals surface area contributed by atoms with Crippen LogP contribution in [0.25, 0.3) is 10.1 Å². The molecular weight excluding hydrogens is 477 g/mol. The number of carbonyl (C=O) groups is 1. The zero-order valence-electron chi connectivity index (χ0n) is 13.9. The maximum Gasteiger partial charge on any atom is 0.269 e. The lowest BCUT2D eigenvalue weighted by Crippen LogP contribution is -2.10. The highest BCUT2D eigenvalue weighted by Gasteiger charge is 2.20. The molecule has 0 radical (unpaired) electrons. The van der Waals surface area contributed by atoms with Gasteiger partial charge in [0.15, 0.2) is 4.34 Å². The molecule has 0 spiro atoms. The highest BCUT2D eigenvalue weighted by atomic mass is 35.5. The Morgan fingerprint density at radius 1 is 1.04 bits per heavy atom. The Kier molecular flexibility index (Phi) is 6.10. The van der Waals surface area contributed by atoms with Crippen molar-refractivity contribution in [1.29, 1.82) is 0 Å². The summed E-state index contributed by atoms with van der Waals surface area (Å²) < 4.78 is 1.62. The van der Waals surface area contributed by atoms with Crippen LogP contribution in [0, 0.1) is 0 Å². The molecule has 1 amide bonds. The van der Waals surface area contributed by atoms with Crippen molar-refractivity contribution in [3.8, 4) is 0 Å². The summed E-state index contributed by atoms with van der Waals surface area (Å²) in [6, 6.07) is 13.1. The van der Waals surface area contributed by atoms with Crippen molar-refractivity contribution in [2.75, 3.05) is 5.32 Å². The second kappa shape index (κ2) is 8.57. The van der Waals surface area contributed by atoms with Gasteiger partial charge in [-0.05, 0) is 29.8 Å². The summed E-state index contributed by atoms with van der Waals surface area (Å²) in [6.45, 7) is 0. The van der Waals surface area contributed by atoms with E-state index in [1.165, 1.54) is 22.7 Å². The first kappa shape index (κ1) is 19.9. The van der Waals surface area contributed by atoms with E-state index < -0.39 is 0 Å². The number of hydrogen-bond donors (Lipinski definition) is 1. The third-order valence-corrected chi connectivity index (χ3v) is 7.97. The Morgan fingerprint density at radius 2 is 1.82 bits per heavy atom. The molecule has 4 nitrogen and oxygen atoms in total. The molecule has 0 saturated heterocycles. The standard InChI is InChI=1S/C18H10Cl3N3OS3/c19-10-6-4-9(5-7-10)8-26-18-24-23-17(28-18)22-16(25)15-14(21)13-11(20)2-1-3-12(13)27-15/h1-7H,8H2,(H,22,23,25). The lowest BCUT2D eigenvalue weighted by atomic mass is 10.2. The van der Waals surface area contributed by atoms with Crippen LogP contribution >= 0.6 is 69.2 Å². The molecule has 0 aliphatic heterocycles.